The number of pyridine rings is 1. The lowest BCUT2D eigenvalue weighted by Crippen LogP contribution is -1.96. The van der Waals surface area contributed by atoms with Crippen LogP contribution in [0.2, 0.25) is 0 Å². The van der Waals surface area contributed by atoms with Crippen LogP contribution in [-0.4, -0.2) is 4.98 Å². The Labute approximate surface area is 58.7 Å². The average Bonchev–Trinajstić information content (AvgIpc) is 2.34. The van der Waals surface area contributed by atoms with E-state index in [4.69, 9.17) is 5.73 Å². The van der Waals surface area contributed by atoms with Gasteiger partial charge in [-0.25, -0.2) is 0 Å². The summed E-state index contributed by atoms with van der Waals surface area (Å²) in [6.45, 7) is 0. The van der Waals surface area contributed by atoms with Gasteiger partial charge in [-0.3, -0.25) is 4.98 Å². The molecule has 10 heavy (non-hydrogen) atoms. The predicted octanol–water partition coefficient (Wildman–Crippen LogP) is 1.01. The Hall–Kier alpha value is -1.53. The van der Waals surface area contributed by atoms with E-state index in [9.17, 15) is 0 Å². The lowest BCUT2D eigenvalue weighted by atomic mass is 10.2. The van der Waals surface area contributed by atoms with Crippen molar-refractivity contribution in [2.75, 3.05) is 0 Å². The minimum atomic E-state index is 0.635. The number of hydrogen-bond acceptors (Lipinski definition) is 2. The van der Waals surface area contributed by atoms with Gasteiger partial charge in [-0.05, 0) is 12.1 Å². The first-order valence-corrected chi connectivity index (χ1v) is 3.05. The number of aromatic nitrogens is 1. The Morgan fingerprint density at radius 3 is 3.20 bits per heavy atom. The van der Waals surface area contributed by atoms with Crippen molar-refractivity contribution in [2.45, 2.75) is 0 Å². The largest absolute Gasteiger partial charge is 0.391 e. The summed E-state index contributed by atoms with van der Waals surface area (Å²) < 4.78 is 0. The van der Waals surface area contributed by atoms with Gasteiger partial charge in [-0.15, -0.1) is 0 Å². The van der Waals surface area contributed by atoms with Crippen LogP contribution in [0.1, 0.15) is 11.3 Å². The first-order chi connectivity index (χ1) is 4.88. The first-order valence-electron chi connectivity index (χ1n) is 3.05. The van der Waals surface area contributed by atoms with E-state index in [0.29, 0.717) is 5.70 Å². The maximum atomic E-state index is 5.56. The predicted molar refractivity (Wildman–Crippen MR) is 39.8 cm³/mol. The molecule has 1 aliphatic carbocycles. The SMILES string of the molecule is NC1=C=Cc2cccnc21. The molecule has 1 aliphatic rings. The van der Waals surface area contributed by atoms with E-state index in [2.05, 4.69) is 10.7 Å². The summed E-state index contributed by atoms with van der Waals surface area (Å²) in [5.41, 5.74) is 11.0. The van der Waals surface area contributed by atoms with Crippen molar-refractivity contribution in [1.82, 2.24) is 4.98 Å². The van der Waals surface area contributed by atoms with Crippen LogP contribution >= 0.6 is 0 Å². The topological polar surface area (TPSA) is 38.9 Å². The minimum Gasteiger partial charge on any atom is -0.391 e. The van der Waals surface area contributed by atoms with Crippen LogP contribution in [0, 0.1) is 0 Å². The third-order valence-corrected chi connectivity index (χ3v) is 1.48. The standard InChI is InChI=1S/C8H6N2/c9-7-4-3-6-2-1-5-10-8(6)7/h1-3,5H,9H2. The second kappa shape index (κ2) is 1.72. The monoisotopic (exact) mass is 130 g/mol. The highest BCUT2D eigenvalue weighted by Crippen LogP contribution is 2.17. The molecule has 1 aromatic rings. The molecule has 0 radical (unpaired) electrons. The lowest BCUT2D eigenvalue weighted by molar-refractivity contribution is 1.26. The van der Waals surface area contributed by atoms with Crippen LogP contribution in [0.15, 0.2) is 24.1 Å². The average molecular weight is 130 g/mol. The second-order valence-electron chi connectivity index (χ2n) is 2.14. The number of fused-ring (bicyclic) bond motifs is 1. The molecule has 0 aliphatic heterocycles. The van der Waals surface area contributed by atoms with Gasteiger partial charge in [0.05, 0.1) is 0 Å². The molecule has 2 N–H and O–H groups in total. The molecule has 0 amide bonds. The fraction of sp³-hybridized carbons (Fsp3) is 0. The van der Waals surface area contributed by atoms with E-state index in [-0.39, 0.29) is 0 Å². The highest BCUT2D eigenvalue weighted by Gasteiger charge is 2.06. The van der Waals surface area contributed by atoms with Crippen LogP contribution in [0.25, 0.3) is 11.8 Å². The Kier molecular flexibility index (Phi) is 0.908. The fourth-order valence-electron chi connectivity index (χ4n) is 0.983. The van der Waals surface area contributed by atoms with Gasteiger partial charge in [0.2, 0.25) is 0 Å². The summed E-state index contributed by atoms with van der Waals surface area (Å²) in [7, 11) is 0. The van der Waals surface area contributed by atoms with Crippen LogP contribution in [0.4, 0.5) is 0 Å². The summed E-state index contributed by atoms with van der Waals surface area (Å²) in [6.07, 6.45) is 3.57. The molecule has 0 saturated carbocycles. The molecule has 2 nitrogen and oxygen atoms in total. The molecule has 2 heteroatoms. The maximum Gasteiger partial charge on any atom is 0.102 e. The Morgan fingerprint density at radius 1 is 1.50 bits per heavy atom. The maximum absolute atomic E-state index is 5.56. The van der Waals surface area contributed by atoms with Crippen molar-refractivity contribution in [3.63, 3.8) is 0 Å². The highest BCUT2D eigenvalue weighted by molar-refractivity contribution is 5.77. The van der Waals surface area contributed by atoms with Gasteiger partial charge in [-0.2, -0.15) is 0 Å². The third-order valence-electron chi connectivity index (χ3n) is 1.48. The lowest BCUT2D eigenvalue weighted by Gasteiger charge is -1.95. The van der Waals surface area contributed by atoms with Crippen LogP contribution in [0.3, 0.4) is 0 Å². The van der Waals surface area contributed by atoms with Gasteiger partial charge >= 0.3 is 0 Å². The summed E-state index contributed by atoms with van der Waals surface area (Å²) in [6, 6.07) is 3.85. The molecule has 0 bridgehead atoms. The zero-order chi connectivity index (χ0) is 6.97. The summed E-state index contributed by atoms with van der Waals surface area (Å²) in [5, 5.41) is 0. The van der Waals surface area contributed by atoms with Crippen molar-refractivity contribution < 1.29 is 0 Å². The van der Waals surface area contributed by atoms with Gasteiger partial charge < -0.3 is 5.73 Å². The Balaban J connectivity index is 2.70. The van der Waals surface area contributed by atoms with Crippen molar-refractivity contribution in [3.05, 3.63) is 35.3 Å². The van der Waals surface area contributed by atoms with E-state index in [1.165, 1.54) is 0 Å². The third kappa shape index (κ3) is 0.567. The highest BCUT2D eigenvalue weighted by atomic mass is 14.7. The Bertz CT molecular complexity index is 333. The molecular weight excluding hydrogens is 124 g/mol. The van der Waals surface area contributed by atoms with E-state index < -0.39 is 0 Å². The molecule has 0 aromatic carbocycles. The van der Waals surface area contributed by atoms with Gasteiger partial charge in [0.25, 0.3) is 0 Å². The number of nitrogens with zero attached hydrogens (tertiary/aromatic N) is 1. The van der Waals surface area contributed by atoms with Crippen molar-refractivity contribution in [3.8, 4) is 0 Å². The Morgan fingerprint density at radius 2 is 2.40 bits per heavy atom. The van der Waals surface area contributed by atoms with E-state index in [1.807, 2.05) is 18.2 Å². The molecule has 0 atom stereocenters. The first kappa shape index (κ1) is 5.27. The molecule has 0 saturated heterocycles. The molecule has 2 rings (SSSR count). The van der Waals surface area contributed by atoms with Gasteiger partial charge in [0.15, 0.2) is 0 Å². The smallest absolute Gasteiger partial charge is 0.102 e. The van der Waals surface area contributed by atoms with E-state index in [0.717, 1.165) is 11.3 Å². The molecule has 0 spiro atoms. The van der Waals surface area contributed by atoms with Crippen molar-refractivity contribution in [2.24, 2.45) is 5.73 Å². The van der Waals surface area contributed by atoms with Gasteiger partial charge in [0.1, 0.15) is 11.4 Å². The molecule has 48 valence electrons. The number of nitrogens with two attached hydrogens (primary N) is 1. The van der Waals surface area contributed by atoms with E-state index in [1.54, 1.807) is 6.20 Å². The summed E-state index contributed by atoms with van der Waals surface area (Å²) in [5.74, 6) is 0. The number of rotatable bonds is 0. The van der Waals surface area contributed by atoms with Crippen LogP contribution in [-0.2, 0) is 0 Å². The summed E-state index contributed by atoms with van der Waals surface area (Å²) in [4.78, 5) is 4.08. The molecule has 0 fully saturated rings. The van der Waals surface area contributed by atoms with Crippen LogP contribution < -0.4 is 5.73 Å². The number of hydrogen-bond donors (Lipinski definition) is 1. The fourth-order valence-corrected chi connectivity index (χ4v) is 0.983. The van der Waals surface area contributed by atoms with E-state index >= 15 is 0 Å². The van der Waals surface area contributed by atoms with Crippen LogP contribution in [0.5, 0.6) is 0 Å². The molecule has 0 unspecified atom stereocenters. The zero-order valence-electron chi connectivity index (χ0n) is 5.33. The van der Waals surface area contributed by atoms with Gasteiger partial charge in [-0.1, -0.05) is 11.8 Å². The second-order valence-corrected chi connectivity index (χ2v) is 2.14. The normalized spacial score (nSPS) is 13.0. The molecule has 1 heterocycles. The van der Waals surface area contributed by atoms with Gasteiger partial charge in [0, 0.05) is 11.8 Å². The zero-order valence-corrected chi connectivity index (χ0v) is 5.33. The summed E-state index contributed by atoms with van der Waals surface area (Å²) >= 11 is 0. The quantitative estimate of drug-likeness (QED) is 0.532. The molecule has 1 aromatic heterocycles. The minimum absolute atomic E-state index is 0.635. The molecular formula is C8H6N2. The van der Waals surface area contributed by atoms with Crippen molar-refractivity contribution >= 4 is 11.8 Å². The van der Waals surface area contributed by atoms with Crippen molar-refractivity contribution in [1.29, 1.82) is 0 Å².